The van der Waals surface area contributed by atoms with E-state index in [1.807, 2.05) is 6.92 Å². The van der Waals surface area contributed by atoms with Crippen molar-refractivity contribution in [2.75, 3.05) is 51.3 Å². The SMILES string of the molecule is Cc1cc(C(=O)NCCN2CCOCC2)nc(NCCC2=CCCCC2)n1. The zero-order chi connectivity index (χ0) is 18.9. The molecular weight excluding hydrogens is 342 g/mol. The van der Waals surface area contributed by atoms with E-state index in [4.69, 9.17) is 4.74 Å². The van der Waals surface area contributed by atoms with Gasteiger partial charge in [0.1, 0.15) is 5.69 Å². The second-order valence-electron chi connectivity index (χ2n) is 7.21. The third-order valence-corrected chi connectivity index (χ3v) is 5.02. The molecule has 2 heterocycles. The average molecular weight is 374 g/mol. The van der Waals surface area contributed by atoms with Gasteiger partial charge in [-0.2, -0.15) is 0 Å². The van der Waals surface area contributed by atoms with Gasteiger partial charge in [-0.25, -0.2) is 9.97 Å². The number of hydrogen-bond acceptors (Lipinski definition) is 6. The van der Waals surface area contributed by atoms with Crippen LogP contribution in [-0.4, -0.2) is 66.7 Å². The van der Waals surface area contributed by atoms with Crippen LogP contribution in [-0.2, 0) is 4.74 Å². The number of nitrogens with zero attached hydrogens (tertiary/aromatic N) is 3. The lowest BCUT2D eigenvalue weighted by Gasteiger charge is -2.26. The van der Waals surface area contributed by atoms with Gasteiger partial charge in [-0.1, -0.05) is 11.6 Å². The van der Waals surface area contributed by atoms with E-state index in [9.17, 15) is 4.79 Å². The number of aryl methyl sites for hydroxylation is 1. The summed E-state index contributed by atoms with van der Waals surface area (Å²) in [5.74, 6) is 0.386. The number of carbonyl (C=O) groups excluding carboxylic acids is 1. The van der Waals surface area contributed by atoms with Crippen molar-refractivity contribution in [2.24, 2.45) is 0 Å². The minimum absolute atomic E-state index is 0.146. The highest BCUT2D eigenvalue weighted by Crippen LogP contribution is 2.19. The second-order valence-corrected chi connectivity index (χ2v) is 7.21. The van der Waals surface area contributed by atoms with E-state index < -0.39 is 0 Å². The quantitative estimate of drug-likeness (QED) is 0.680. The number of allylic oxidation sites excluding steroid dienone is 1. The van der Waals surface area contributed by atoms with Gasteiger partial charge in [0.25, 0.3) is 5.91 Å². The lowest BCUT2D eigenvalue weighted by atomic mass is 9.97. The molecule has 1 fully saturated rings. The van der Waals surface area contributed by atoms with Crippen LogP contribution in [0.2, 0.25) is 0 Å². The van der Waals surface area contributed by atoms with Gasteiger partial charge in [0.15, 0.2) is 0 Å². The summed E-state index contributed by atoms with van der Waals surface area (Å²) in [6, 6.07) is 1.74. The normalized spacial score (nSPS) is 18.0. The van der Waals surface area contributed by atoms with Crippen molar-refractivity contribution in [1.29, 1.82) is 0 Å². The van der Waals surface area contributed by atoms with Crippen LogP contribution < -0.4 is 10.6 Å². The molecule has 1 saturated heterocycles. The Morgan fingerprint density at radius 1 is 1.22 bits per heavy atom. The van der Waals surface area contributed by atoms with Crippen molar-refractivity contribution in [3.05, 3.63) is 29.1 Å². The van der Waals surface area contributed by atoms with E-state index >= 15 is 0 Å². The Labute approximate surface area is 161 Å². The van der Waals surface area contributed by atoms with Crippen molar-refractivity contribution >= 4 is 11.9 Å². The van der Waals surface area contributed by atoms with Gasteiger partial charge < -0.3 is 15.4 Å². The molecule has 0 atom stereocenters. The van der Waals surface area contributed by atoms with Crippen LogP contribution in [0.25, 0.3) is 0 Å². The molecule has 0 aromatic carbocycles. The van der Waals surface area contributed by atoms with E-state index in [1.165, 1.54) is 31.3 Å². The van der Waals surface area contributed by atoms with Gasteiger partial charge in [0.05, 0.1) is 13.2 Å². The highest BCUT2D eigenvalue weighted by Gasteiger charge is 2.13. The first-order valence-corrected chi connectivity index (χ1v) is 10.1. The molecule has 7 heteroatoms. The Hall–Kier alpha value is -1.99. The predicted octanol–water partition coefficient (Wildman–Crippen LogP) is 2.15. The average Bonchev–Trinajstić information content (AvgIpc) is 2.69. The molecule has 1 aliphatic carbocycles. The lowest BCUT2D eigenvalue weighted by molar-refractivity contribution is 0.0383. The fourth-order valence-electron chi connectivity index (χ4n) is 3.47. The maximum Gasteiger partial charge on any atom is 0.270 e. The molecule has 2 N–H and O–H groups in total. The number of nitrogens with one attached hydrogen (secondary N) is 2. The van der Waals surface area contributed by atoms with Crippen molar-refractivity contribution in [1.82, 2.24) is 20.2 Å². The molecule has 0 radical (unpaired) electrons. The summed E-state index contributed by atoms with van der Waals surface area (Å²) < 4.78 is 5.34. The minimum atomic E-state index is -0.146. The Kier molecular flexibility index (Phi) is 7.59. The first kappa shape index (κ1) is 19.8. The number of anilines is 1. The third-order valence-electron chi connectivity index (χ3n) is 5.02. The maximum absolute atomic E-state index is 12.4. The monoisotopic (exact) mass is 373 g/mol. The van der Waals surface area contributed by atoms with Gasteiger partial charge in [-0.3, -0.25) is 9.69 Å². The molecule has 7 nitrogen and oxygen atoms in total. The van der Waals surface area contributed by atoms with Crippen LogP contribution >= 0.6 is 0 Å². The predicted molar refractivity (Wildman–Crippen MR) is 106 cm³/mol. The molecule has 0 spiro atoms. The zero-order valence-corrected chi connectivity index (χ0v) is 16.3. The molecule has 0 saturated carbocycles. The highest BCUT2D eigenvalue weighted by atomic mass is 16.5. The smallest absolute Gasteiger partial charge is 0.270 e. The number of ether oxygens (including phenoxy) is 1. The Balaban J connectivity index is 1.46. The Morgan fingerprint density at radius 2 is 2.07 bits per heavy atom. The summed E-state index contributed by atoms with van der Waals surface area (Å²) in [5.41, 5.74) is 2.73. The van der Waals surface area contributed by atoms with E-state index in [0.717, 1.165) is 51.5 Å². The first-order valence-electron chi connectivity index (χ1n) is 10.1. The molecule has 148 valence electrons. The van der Waals surface area contributed by atoms with Crippen molar-refractivity contribution in [3.63, 3.8) is 0 Å². The second kappa shape index (κ2) is 10.4. The fraction of sp³-hybridized carbons (Fsp3) is 0.650. The van der Waals surface area contributed by atoms with Crippen LogP contribution in [0.15, 0.2) is 17.7 Å². The minimum Gasteiger partial charge on any atom is -0.379 e. The van der Waals surface area contributed by atoms with Crippen LogP contribution in [0.1, 0.15) is 48.3 Å². The number of carbonyl (C=O) groups is 1. The Bertz CT molecular complexity index is 656. The molecule has 0 bridgehead atoms. The van der Waals surface area contributed by atoms with Crippen molar-refractivity contribution in [3.8, 4) is 0 Å². The zero-order valence-electron chi connectivity index (χ0n) is 16.3. The van der Waals surface area contributed by atoms with Gasteiger partial charge in [0.2, 0.25) is 5.95 Å². The summed E-state index contributed by atoms with van der Waals surface area (Å²) in [5, 5.41) is 6.23. The van der Waals surface area contributed by atoms with Gasteiger partial charge in [0, 0.05) is 38.4 Å². The summed E-state index contributed by atoms with van der Waals surface area (Å²) >= 11 is 0. The van der Waals surface area contributed by atoms with Gasteiger partial charge in [-0.15, -0.1) is 0 Å². The van der Waals surface area contributed by atoms with Crippen LogP contribution in [0, 0.1) is 6.92 Å². The summed E-state index contributed by atoms with van der Waals surface area (Å²) in [4.78, 5) is 23.5. The van der Waals surface area contributed by atoms with Crippen LogP contribution in [0.3, 0.4) is 0 Å². The molecule has 1 aliphatic heterocycles. The number of aromatic nitrogens is 2. The fourth-order valence-corrected chi connectivity index (χ4v) is 3.47. The van der Waals surface area contributed by atoms with E-state index in [0.29, 0.717) is 18.2 Å². The first-order chi connectivity index (χ1) is 13.2. The number of amides is 1. The number of rotatable bonds is 8. The number of hydrogen-bond donors (Lipinski definition) is 2. The number of morpholine rings is 1. The molecule has 1 amide bonds. The lowest BCUT2D eigenvalue weighted by Crippen LogP contribution is -2.41. The largest absolute Gasteiger partial charge is 0.379 e. The Morgan fingerprint density at radius 3 is 2.85 bits per heavy atom. The van der Waals surface area contributed by atoms with E-state index in [1.54, 1.807) is 6.07 Å². The van der Waals surface area contributed by atoms with Gasteiger partial charge >= 0.3 is 0 Å². The topological polar surface area (TPSA) is 79.4 Å². The molecule has 0 unspecified atom stereocenters. The third kappa shape index (κ3) is 6.59. The van der Waals surface area contributed by atoms with Gasteiger partial charge in [-0.05, 0) is 45.1 Å². The molecule has 3 rings (SSSR count). The van der Waals surface area contributed by atoms with Crippen LogP contribution in [0.4, 0.5) is 5.95 Å². The molecular formula is C20H31N5O2. The van der Waals surface area contributed by atoms with E-state index in [2.05, 4.69) is 31.6 Å². The summed E-state index contributed by atoms with van der Waals surface area (Å²) in [7, 11) is 0. The maximum atomic E-state index is 12.4. The van der Waals surface area contributed by atoms with E-state index in [-0.39, 0.29) is 5.91 Å². The highest BCUT2D eigenvalue weighted by molar-refractivity contribution is 5.92. The molecule has 27 heavy (non-hydrogen) atoms. The summed E-state index contributed by atoms with van der Waals surface area (Å²) in [6.45, 7) is 7.52. The summed E-state index contributed by atoms with van der Waals surface area (Å²) in [6.07, 6.45) is 8.37. The van der Waals surface area contributed by atoms with Crippen molar-refractivity contribution in [2.45, 2.75) is 39.0 Å². The van der Waals surface area contributed by atoms with Crippen LogP contribution in [0.5, 0.6) is 0 Å². The molecule has 2 aliphatic rings. The van der Waals surface area contributed by atoms with Crippen molar-refractivity contribution < 1.29 is 9.53 Å². The molecule has 1 aromatic rings. The standard InChI is InChI=1S/C20H31N5O2/c1-16-15-18(19(26)21-9-10-25-11-13-27-14-12-25)24-20(23-16)22-8-7-17-5-3-2-4-6-17/h5,15H,2-4,6-14H2,1H3,(H,21,26)(H,22,23,24). The molecule has 1 aromatic heterocycles.